The average molecular weight is 634 g/mol. The first-order valence-electron chi connectivity index (χ1n) is 15.8. The van der Waals surface area contributed by atoms with Crippen LogP contribution in [0.2, 0.25) is 5.02 Å². The Kier molecular flexibility index (Phi) is 9.32. The number of anilines is 2. The first kappa shape index (κ1) is 32.9. The maximum atomic E-state index is 15.0. The molecule has 0 radical (unpaired) electrons. The van der Waals surface area contributed by atoms with Crippen LogP contribution in [0.15, 0.2) is 73.8 Å². The van der Waals surface area contributed by atoms with Crippen LogP contribution in [0.4, 0.5) is 11.4 Å². The highest BCUT2D eigenvalue weighted by molar-refractivity contribution is 6.34. The summed E-state index contributed by atoms with van der Waals surface area (Å²) in [6.45, 7) is 15.5. The topological polar surface area (TPSA) is 90.4 Å². The molecule has 3 aliphatic heterocycles. The van der Waals surface area contributed by atoms with Crippen molar-refractivity contribution in [2.75, 3.05) is 29.5 Å². The van der Waals surface area contributed by atoms with E-state index in [1.807, 2.05) is 70.2 Å². The number of ether oxygens (including phenoxy) is 1. The van der Waals surface area contributed by atoms with Gasteiger partial charge < -0.3 is 24.5 Å². The van der Waals surface area contributed by atoms with Crippen LogP contribution in [0.1, 0.15) is 45.6 Å². The monoisotopic (exact) mass is 633 g/mol. The van der Waals surface area contributed by atoms with Gasteiger partial charge in [-0.2, -0.15) is 0 Å². The van der Waals surface area contributed by atoms with E-state index in [9.17, 15) is 14.7 Å². The Morgan fingerprint density at radius 1 is 1.07 bits per heavy atom. The predicted molar refractivity (Wildman–Crippen MR) is 177 cm³/mol. The lowest BCUT2D eigenvalue weighted by Gasteiger charge is -2.41. The van der Waals surface area contributed by atoms with Gasteiger partial charge in [-0.3, -0.25) is 14.4 Å². The molecule has 3 amide bonds. The Bertz CT molecular complexity index is 1460. The molecule has 1 spiro atoms. The lowest BCUT2D eigenvalue weighted by molar-refractivity contribution is -0.150. The van der Waals surface area contributed by atoms with Gasteiger partial charge in [0.05, 0.1) is 40.8 Å². The van der Waals surface area contributed by atoms with E-state index < -0.39 is 35.1 Å². The zero-order valence-electron chi connectivity index (χ0n) is 26.6. The number of benzene rings is 2. The molecule has 6 atom stereocenters. The van der Waals surface area contributed by atoms with Crippen molar-refractivity contribution in [2.24, 2.45) is 17.8 Å². The minimum atomic E-state index is -1.27. The number of para-hydroxylation sites is 2. The molecule has 3 saturated heterocycles. The number of amides is 3. The Hall–Kier alpha value is -3.46. The highest BCUT2D eigenvalue weighted by Crippen LogP contribution is 2.65. The Morgan fingerprint density at radius 2 is 1.73 bits per heavy atom. The predicted octanol–water partition coefficient (Wildman–Crippen LogP) is 5.56. The molecule has 5 rings (SSSR count). The van der Waals surface area contributed by atoms with E-state index in [1.54, 1.807) is 28.0 Å². The molecule has 0 aromatic heterocycles. The molecule has 1 N–H and O–H groups in total. The van der Waals surface area contributed by atoms with Gasteiger partial charge in [0.25, 0.3) is 5.91 Å². The minimum absolute atomic E-state index is 0.149. The fourth-order valence-electron chi connectivity index (χ4n) is 8.05. The molecule has 3 heterocycles. The number of halogens is 1. The number of likely N-dealkylation sites (tertiary alicyclic amines) is 1. The van der Waals surface area contributed by atoms with Crippen molar-refractivity contribution in [1.29, 1.82) is 0 Å². The number of hydrogen-bond donors (Lipinski definition) is 1. The van der Waals surface area contributed by atoms with Gasteiger partial charge in [-0.1, -0.05) is 74.9 Å². The third-order valence-corrected chi connectivity index (χ3v) is 10.4. The van der Waals surface area contributed by atoms with Crippen LogP contribution >= 0.6 is 11.6 Å². The Morgan fingerprint density at radius 3 is 2.31 bits per heavy atom. The van der Waals surface area contributed by atoms with E-state index in [1.165, 1.54) is 4.90 Å². The summed E-state index contributed by atoms with van der Waals surface area (Å²) in [6, 6.07) is 13.0. The zero-order valence-corrected chi connectivity index (χ0v) is 27.4. The van der Waals surface area contributed by atoms with Gasteiger partial charge in [0, 0.05) is 18.8 Å². The summed E-state index contributed by atoms with van der Waals surface area (Å²) in [7, 11) is 0. The largest absolute Gasteiger partial charge is 0.394 e. The highest BCUT2D eigenvalue weighted by Gasteiger charge is 2.79. The Labute approximate surface area is 271 Å². The summed E-state index contributed by atoms with van der Waals surface area (Å²) in [6.07, 6.45) is 4.75. The number of rotatable bonds is 12. The van der Waals surface area contributed by atoms with Crippen LogP contribution in [-0.4, -0.2) is 70.7 Å². The maximum Gasteiger partial charge on any atom is 0.253 e. The highest BCUT2D eigenvalue weighted by atomic mass is 35.5. The molecule has 45 heavy (non-hydrogen) atoms. The van der Waals surface area contributed by atoms with E-state index in [0.717, 1.165) is 5.56 Å². The minimum Gasteiger partial charge on any atom is -0.394 e. The van der Waals surface area contributed by atoms with Gasteiger partial charge in [0.15, 0.2) is 0 Å². The molecule has 0 saturated carbocycles. The normalized spacial score (nSPS) is 27.4. The number of aliphatic hydroxyl groups excluding tert-OH is 1. The molecule has 0 aliphatic carbocycles. The third-order valence-electron chi connectivity index (χ3n) is 10.1. The van der Waals surface area contributed by atoms with E-state index in [2.05, 4.69) is 13.2 Å². The molecule has 2 aromatic rings. The quantitative estimate of drug-likeness (QED) is 0.309. The standard InChI is InChI=1S/C36H44ClN3O5/c1-7-20-38(25-15-11-10-12-16-25)32(42)28-29-33(43)40(27(22-41)23(4)5)31(36(29)19-18-35(28,9-3)45-36)34(44)39(21-8-2)30-24(6)14-13-17-26(30)37/h7-8,10-17,23,27-29,31,41H,1-2,9,18-22H2,3-6H3/t27-,28-,29-,31?,35+,36?/m0/s1. The van der Waals surface area contributed by atoms with Crippen molar-refractivity contribution in [3.8, 4) is 0 Å². The third kappa shape index (κ3) is 5.11. The van der Waals surface area contributed by atoms with Gasteiger partial charge in [-0.05, 0) is 55.9 Å². The Balaban J connectivity index is 1.69. The number of fused-ring (bicyclic) bond motifs is 1. The molecule has 8 nitrogen and oxygen atoms in total. The second-order valence-corrected chi connectivity index (χ2v) is 13.2. The number of aryl methyl sites for hydroxylation is 1. The van der Waals surface area contributed by atoms with Gasteiger partial charge >= 0.3 is 0 Å². The van der Waals surface area contributed by atoms with Crippen LogP contribution in [0.3, 0.4) is 0 Å². The summed E-state index contributed by atoms with van der Waals surface area (Å²) < 4.78 is 7.03. The van der Waals surface area contributed by atoms with Gasteiger partial charge in [-0.25, -0.2) is 0 Å². The maximum absolute atomic E-state index is 15.0. The molecule has 2 unspecified atom stereocenters. The van der Waals surface area contributed by atoms with E-state index >= 15 is 4.79 Å². The second kappa shape index (κ2) is 12.7. The number of nitrogens with zero attached hydrogens (tertiary/aromatic N) is 3. The van der Waals surface area contributed by atoms with Crippen LogP contribution in [0, 0.1) is 24.7 Å². The van der Waals surface area contributed by atoms with Crippen molar-refractivity contribution in [3.05, 3.63) is 84.4 Å². The molecule has 2 aromatic carbocycles. The second-order valence-electron chi connectivity index (χ2n) is 12.8. The van der Waals surface area contributed by atoms with Crippen molar-refractivity contribution >= 4 is 40.7 Å². The van der Waals surface area contributed by atoms with Crippen molar-refractivity contribution < 1.29 is 24.2 Å². The molecule has 240 valence electrons. The molecular formula is C36H44ClN3O5. The van der Waals surface area contributed by atoms with Crippen LogP contribution < -0.4 is 9.80 Å². The number of hydrogen-bond acceptors (Lipinski definition) is 5. The summed E-state index contributed by atoms with van der Waals surface area (Å²) in [5, 5.41) is 11.0. The summed E-state index contributed by atoms with van der Waals surface area (Å²) in [5.74, 6) is -2.85. The molecule has 3 aliphatic rings. The molecule has 2 bridgehead atoms. The van der Waals surface area contributed by atoms with Crippen LogP contribution in [0.25, 0.3) is 0 Å². The van der Waals surface area contributed by atoms with Crippen molar-refractivity contribution in [3.63, 3.8) is 0 Å². The fourth-order valence-corrected chi connectivity index (χ4v) is 8.37. The first-order chi connectivity index (χ1) is 21.5. The van der Waals surface area contributed by atoms with Crippen LogP contribution in [-0.2, 0) is 19.1 Å². The average Bonchev–Trinajstić information content (AvgIpc) is 3.63. The number of carbonyl (C=O) groups excluding carboxylic acids is 3. The first-order valence-corrected chi connectivity index (χ1v) is 16.2. The molecular weight excluding hydrogens is 590 g/mol. The SMILES string of the molecule is C=CCN(C(=O)[C@@H]1[C@H]2C(=O)N([C@@H](CO)C(C)C)C(C(=O)N(CC=C)c3c(C)cccc3Cl)C23CC[C@@]1(CC)O3)c1ccccc1. The lowest BCUT2D eigenvalue weighted by Crippen LogP contribution is -2.60. The van der Waals surface area contributed by atoms with E-state index in [-0.39, 0.29) is 43.3 Å². The van der Waals surface area contributed by atoms with Crippen molar-refractivity contribution in [2.45, 2.75) is 70.2 Å². The summed E-state index contributed by atoms with van der Waals surface area (Å²) >= 11 is 6.70. The lowest BCUT2D eigenvalue weighted by atomic mass is 9.64. The van der Waals surface area contributed by atoms with Crippen molar-refractivity contribution in [1.82, 2.24) is 4.90 Å². The summed E-state index contributed by atoms with van der Waals surface area (Å²) in [5.41, 5.74) is -0.164. The fraction of sp³-hybridized carbons (Fsp3) is 0.472. The van der Waals surface area contributed by atoms with Gasteiger partial charge in [0.1, 0.15) is 11.6 Å². The zero-order chi connectivity index (χ0) is 32.7. The summed E-state index contributed by atoms with van der Waals surface area (Å²) in [4.78, 5) is 49.4. The van der Waals surface area contributed by atoms with Crippen LogP contribution in [0.5, 0.6) is 0 Å². The number of aliphatic hydroxyl groups is 1. The van der Waals surface area contributed by atoms with Gasteiger partial charge in [0.2, 0.25) is 11.8 Å². The van der Waals surface area contributed by atoms with E-state index in [0.29, 0.717) is 35.7 Å². The molecule has 3 fully saturated rings. The molecule has 9 heteroatoms. The van der Waals surface area contributed by atoms with E-state index in [4.69, 9.17) is 16.3 Å². The smallest absolute Gasteiger partial charge is 0.253 e. The number of carbonyl (C=O) groups is 3. The van der Waals surface area contributed by atoms with Gasteiger partial charge in [-0.15, -0.1) is 13.2 Å².